The van der Waals surface area contributed by atoms with Crippen molar-refractivity contribution in [2.75, 3.05) is 25.2 Å². The monoisotopic (exact) mass is 456 g/mol. The summed E-state index contributed by atoms with van der Waals surface area (Å²) in [5.41, 5.74) is 7.85. The number of hydrogen-bond donors (Lipinski definition) is 1. The Bertz CT molecular complexity index is 1260. The number of nitriles is 2. The van der Waals surface area contributed by atoms with Gasteiger partial charge in [0.15, 0.2) is 5.78 Å². The van der Waals surface area contributed by atoms with Gasteiger partial charge in [-0.05, 0) is 42.0 Å². The normalized spacial score (nSPS) is 10.0. The van der Waals surface area contributed by atoms with Crippen molar-refractivity contribution in [3.05, 3.63) is 77.9 Å². The molecule has 3 aromatic rings. The van der Waals surface area contributed by atoms with Crippen LogP contribution in [-0.4, -0.2) is 30.2 Å². The van der Waals surface area contributed by atoms with Gasteiger partial charge >= 0.3 is 0 Å². The largest absolute Gasteiger partial charge is 0.497 e. The van der Waals surface area contributed by atoms with Crippen LogP contribution in [0.25, 0.3) is 11.1 Å². The van der Waals surface area contributed by atoms with Crippen LogP contribution < -0.4 is 15.2 Å². The van der Waals surface area contributed by atoms with E-state index in [1.807, 2.05) is 6.07 Å². The molecule has 2 aromatic carbocycles. The number of benzene rings is 2. The summed E-state index contributed by atoms with van der Waals surface area (Å²) >= 11 is 1.10. The van der Waals surface area contributed by atoms with Gasteiger partial charge in [-0.15, -0.1) is 0 Å². The molecule has 0 fully saturated rings. The molecule has 0 saturated carbocycles. The number of anilines is 1. The van der Waals surface area contributed by atoms with E-state index in [4.69, 9.17) is 15.2 Å². The highest BCUT2D eigenvalue weighted by molar-refractivity contribution is 8.00. The number of nitrogens with zero attached hydrogens (tertiary/aromatic N) is 3. The molecule has 0 saturated heterocycles. The number of aromatic nitrogens is 1. The fraction of sp³-hybridized carbons (Fsp3) is 0.120. The number of nitrogen functional groups attached to an aromatic ring is 1. The Morgan fingerprint density at radius 1 is 1.09 bits per heavy atom. The molecule has 0 aliphatic rings. The van der Waals surface area contributed by atoms with Crippen LogP contribution >= 0.6 is 11.8 Å². The summed E-state index contributed by atoms with van der Waals surface area (Å²) in [6.45, 7) is 3.97. The van der Waals surface area contributed by atoms with E-state index in [9.17, 15) is 15.3 Å². The van der Waals surface area contributed by atoms with Crippen molar-refractivity contribution in [1.82, 2.24) is 4.98 Å². The third kappa shape index (κ3) is 5.32. The van der Waals surface area contributed by atoms with Gasteiger partial charge in [0.05, 0.1) is 18.4 Å². The molecule has 0 aliphatic carbocycles. The maximum absolute atomic E-state index is 12.6. The number of pyridine rings is 1. The zero-order valence-corrected chi connectivity index (χ0v) is 18.7. The third-order valence-corrected chi connectivity index (χ3v) is 5.65. The summed E-state index contributed by atoms with van der Waals surface area (Å²) in [7, 11) is 1.55. The number of Topliss-reactive ketones (excluding diaryl/α,β-unsaturated/α-hetero) is 1. The van der Waals surface area contributed by atoms with E-state index in [1.165, 1.54) is 0 Å². The lowest BCUT2D eigenvalue weighted by Crippen LogP contribution is -2.06. The minimum Gasteiger partial charge on any atom is -0.497 e. The van der Waals surface area contributed by atoms with Gasteiger partial charge in [0, 0.05) is 11.1 Å². The molecule has 0 bridgehead atoms. The number of carbonyl (C=O) groups excluding carboxylic acids is 1. The topological polar surface area (TPSA) is 122 Å². The maximum atomic E-state index is 12.6. The Morgan fingerprint density at radius 2 is 1.73 bits per heavy atom. The first-order chi connectivity index (χ1) is 16.0. The Balaban J connectivity index is 1.94. The second kappa shape index (κ2) is 10.9. The zero-order chi connectivity index (χ0) is 23.8. The van der Waals surface area contributed by atoms with Crippen LogP contribution in [0.4, 0.5) is 5.82 Å². The van der Waals surface area contributed by atoms with Gasteiger partial charge in [0.25, 0.3) is 0 Å². The van der Waals surface area contributed by atoms with Crippen molar-refractivity contribution in [1.29, 1.82) is 10.5 Å². The molecule has 0 amide bonds. The van der Waals surface area contributed by atoms with E-state index in [1.54, 1.807) is 61.7 Å². The molecule has 2 N–H and O–H groups in total. The van der Waals surface area contributed by atoms with Crippen molar-refractivity contribution in [3.8, 4) is 34.8 Å². The second-order valence-corrected chi connectivity index (χ2v) is 7.68. The minimum atomic E-state index is -0.137. The molecule has 0 unspecified atom stereocenters. The maximum Gasteiger partial charge on any atom is 0.173 e. The van der Waals surface area contributed by atoms with Crippen molar-refractivity contribution in [3.63, 3.8) is 0 Å². The summed E-state index contributed by atoms with van der Waals surface area (Å²) in [5.74, 6) is 1.18. The first kappa shape index (κ1) is 23.4. The van der Waals surface area contributed by atoms with Crippen LogP contribution in [0.1, 0.15) is 21.5 Å². The second-order valence-electron chi connectivity index (χ2n) is 6.72. The van der Waals surface area contributed by atoms with E-state index >= 15 is 0 Å². The average Bonchev–Trinajstić information content (AvgIpc) is 2.85. The lowest BCUT2D eigenvalue weighted by atomic mass is 9.97. The number of thioether (sulfide) groups is 1. The predicted molar refractivity (Wildman–Crippen MR) is 127 cm³/mol. The van der Waals surface area contributed by atoms with Gasteiger partial charge in [-0.1, -0.05) is 36.5 Å². The summed E-state index contributed by atoms with van der Waals surface area (Å²) in [6, 6.07) is 17.9. The van der Waals surface area contributed by atoms with Gasteiger partial charge in [0.1, 0.15) is 46.7 Å². The molecule has 0 spiro atoms. The molecule has 33 heavy (non-hydrogen) atoms. The quantitative estimate of drug-likeness (QED) is 0.281. The van der Waals surface area contributed by atoms with Gasteiger partial charge in [-0.3, -0.25) is 4.79 Å². The fourth-order valence-corrected chi connectivity index (χ4v) is 3.95. The van der Waals surface area contributed by atoms with Crippen molar-refractivity contribution in [2.24, 2.45) is 0 Å². The number of rotatable bonds is 9. The first-order valence-corrected chi connectivity index (χ1v) is 10.8. The number of carbonyl (C=O) groups is 1. The highest BCUT2D eigenvalue weighted by atomic mass is 32.2. The number of ether oxygens (including phenoxy) is 2. The molecule has 164 valence electrons. The lowest BCUT2D eigenvalue weighted by molar-refractivity contribution is 0.102. The molecule has 3 rings (SSSR count). The Morgan fingerprint density at radius 3 is 2.30 bits per heavy atom. The van der Waals surface area contributed by atoms with Crippen molar-refractivity contribution >= 4 is 23.4 Å². The molecule has 7 nitrogen and oxygen atoms in total. The number of nitrogens with two attached hydrogens (primary N) is 1. The zero-order valence-electron chi connectivity index (χ0n) is 17.9. The molecule has 0 radical (unpaired) electrons. The summed E-state index contributed by atoms with van der Waals surface area (Å²) < 4.78 is 10.6. The number of methoxy groups -OCH3 is 1. The van der Waals surface area contributed by atoms with Crippen LogP contribution in [0.2, 0.25) is 0 Å². The van der Waals surface area contributed by atoms with E-state index in [0.29, 0.717) is 34.8 Å². The van der Waals surface area contributed by atoms with Crippen LogP contribution in [0.15, 0.2) is 66.2 Å². The molecular formula is C25H20N4O3S. The minimum absolute atomic E-state index is 0.00196. The van der Waals surface area contributed by atoms with Gasteiger partial charge < -0.3 is 15.2 Å². The van der Waals surface area contributed by atoms with E-state index in [-0.39, 0.29) is 33.5 Å². The van der Waals surface area contributed by atoms with Crippen molar-refractivity contribution in [2.45, 2.75) is 5.03 Å². The van der Waals surface area contributed by atoms with Gasteiger partial charge in [-0.2, -0.15) is 10.5 Å². The van der Waals surface area contributed by atoms with Crippen LogP contribution in [0, 0.1) is 22.7 Å². The van der Waals surface area contributed by atoms with Gasteiger partial charge in [-0.25, -0.2) is 4.98 Å². The van der Waals surface area contributed by atoms with Gasteiger partial charge in [0.2, 0.25) is 0 Å². The average molecular weight is 457 g/mol. The SMILES string of the molecule is C=CCOc1ccc(-c2c(C#N)c(N)nc(SCC(=O)c3ccc(OC)cc3)c2C#N)cc1. The number of ketones is 1. The molecule has 1 aromatic heterocycles. The van der Waals surface area contributed by atoms with Crippen LogP contribution in [-0.2, 0) is 0 Å². The van der Waals surface area contributed by atoms with E-state index in [2.05, 4.69) is 17.6 Å². The van der Waals surface area contributed by atoms with Crippen molar-refractivity contribution < 1.29 is 14.3 Å². The highest BCUT2D eigenvalue weighted by Crippen LogP contribution is 2.36. The lowest BCUT2D eigenvalue weighted by Gasteiger charge is -2.13. The Kier molecular flexibility index (Phi) is 7.69. The van der Waals surface area contributed by atoms with E-state index in [0.717, 1.165) is 11.8 Å². The van der Waals surface area contributed by atoms with Crippen LogP contribution in [0.5, 0.6) is 11.5 Å². The molecule has 8 heteroatoms. The third-order valence-electron chi connectivity index (χ3n) is 4.68. The summed E-state index contributed by atoms with van der Waals surface area (Å²) in [5, 5.41) is 19.8. The standard InChI is InChI=1S/C25H20N4O3S/c1-3-12-32-19-10-6-17(7-11-19)23-20(13-26)24(28)29-25(21(23)14-27)33-15-22(30)16-4-8-18(31-2)9-5-16/h3-11H,1,12,15H2,2H3,(H2,28,29). The summed E-state index contributed by atoms with van der Waals surface area (Å²) in [4.78, 5) is 16.9. The summed E-state index contributed by atoms with van der Waals surface area (Å²) in [6.07, 6.45) is 1.63. The predicted octanol–water partition coefficient (Wildman–Crippen LogP) is 4.62. The smallest absolute Gasteiger partial charge is 0.173 e. The molecule has 0 atom stereocenters. The molecular weight excluding hydrogens is 436 g/mol. The van der Waals surface area contributed by atoms with E-state index < -0.39 is 0 Å². The Hall–Kier alpha value is -4.27. The fourth-order valence-electron chi connectivity index (χ4n) is 3.06. The first-order valence-electron chi connectivity index (χ1n) is 9.80. The molecule has 0 aliphatic heterocycles. The molecule has 1 heterocycles. The van der Waals surface area contributed by atoms with Crippen LogP contribution in [0.3, 0.4) is 0 Å². The Labute approximate surface area is 196 Å². The number of hydrogen-bond acceptors (Lipinski definition) is 8. The highest BCUT2D eigenvalue weighted by Gasteiger charge is 2.21.